The Hall–Kier alpha value is -2.77. The first kappa shape index (κ1) is 50.2. The molecule has 1 unspecified atom stereocenters. The molecular formula is C44H73O8P. The summed E-state index contributed by atoms with van der Waals surface area (Å²) in [6, 6.07) is 0. The maximum atomic E-state index is 12.4. The fraction of sp³-hybridized carbons (Fsp3) is 0.636. The molecule has 0 saturated heterocycles. The molecular weight excluding hydrogens is 687 g/mol. The van der Waals surface area contributed by atoms with Crippen LogP contribution in [0, 0.1) is 0 Å². The topological polar surface area (TPSA) is 119 Å². The van der Waals surface area contributed by atoms with E-state index in [1.54, 1.807) is 0 Å². The first-order valence-electron chi connectivity index (χ1n) is 20.4. The minimum atomic E-state index is -4.78. The third-order valence-corrected chi connectivity index (χ3v) is 8.63. The van der Waals surface area contributed by atoms with Crippen LogP contribution in [0.15, 0.2) is 85.1 Å². The quantitative estimate of drug-likeness (QED) is 0.0280. The molecule has 0 fully saturated rings. The van der Waals surface area contributed by atoms with Crippen LogP contribution < -0.4 is 0 Å². The molecule has 302 valence electrons. The second-order valence-electron chi connectivity index (χ2n) is 13.2. The van der Waals surface area contributed by atoms with E-state index in [-0.39, 0.29) is 19.4 Å². The average Bonchev–Trinajstić information content (AvgIpc) is 3.13. The number of phosphoric acid groups is 1. The van der Waals surface area contributed by atoms with E-state index in [0.29, 0.717) is 19.3 Å². The molecule has 53 heavy (non-hydrogen) atoms. The number of unbranched alkanes of at least 4 members (excludes halogenated alkanes) is 12. The molecule has 0 spiro atoms. The van der Waals surface area contributed by atoms with E-state index in [2.05, 4.69) is 91.3 Å². The fourth-order valence-corrected chi connectivity index (χ4v) is 5.50. The van der Waals surface area contributed by atoms with E-state index in [9.17, 15) is 14.2 Å². The lowest BCUT2D eigenvalue weighted by molar-refractivity contribution is -0.161. The molecule has 0 amide bonds. The van der Waals surface area contributed by atoms with Crippen molar-refractivity contribution in [3.63, 3.8) is 0 Å². The summed E-state index contributed by atoms with van der Waals surface area (Å²) >= 11 is 0. The molecule has 0 aliphatic heterocycles. The van der Waals surface area contributed by atoms with Gasteiger partial charge >= 0.3 is 19.8 Å². The van der Waals surface area contributed by atoms with Crippen LogP contribution in [0.5, 0.6) is 0 Å². The lowest BCUT2D eigenvalue weighted by Gasteiger charge is -2.18. The summed E-state index contributed by atoms with van der Waals surface area (Å²) in [5.74, 6) is -0.969. The molecule has 0 aromatic carbocycles. The Bertz CT molecular complexity index is 1130. The molecule has 0 rings (SSSR count). The van der Waals surface area contributed by atoms with Crippen LogP contribution in [0.25, 0.3) is 0 Å². The van der Waals surface area contributed by atoms with Crippen molar-refractivity contribution in [1.82, 2.24) is 0 Å². The van der Waals surface area contributed by atoms with Gasteiger partial charge in [-0.05, 0) is 83.5 Å². The first-order chi connectivity index (χ1) is 25.8. The largest absolute Gasteiger partial charge is 0.469 e. The summed E-state index contributed by atoms with van der Waals surface area (Å²) in [5, 5.41) is 0. The van der Waals surface area contributed by atoms with Gasteiger partial charge in [0.15, 0.2) is 6.10 Å². The Labute approximate surface area is 322 Å². The van der Waals surface area contributed by atoms with Crippen LogP contribution in [0.1, 0.15) is 162 Å². The lowest BCUT2D eigenvalue weighted by Crippen LogP contribution is -2.29. The standard InChI is InChI=1S/C44H73O8P/c1-3-5-7-9-11-13-15-17-19-21-23-24-26-28-30-32-34-36-38-43(45)50-40-42(41-51-53(47,48)49)52-44(46)39-37-35-33-31-29-27-25-22-20-18-16-14-12-10-8-6-4-2/h6,8,12-15,18-21,25,27,31,33,42H,3-5,7,9-11,16-17,22-24,26,28-30,32,34-41H2,1-2H3,(H2,47,48,49)/b8-6-,14-12-,15-13-,20-18-,21-19-,27-25-,33-31-. The Balaban J connectivity index is 4.06. The molecule has 0 aliphatic rings. The highest BCUT2D eigenvalue weighted by molar-refractivity contribution is 7.46. The van der Waals surface area contributed by atoms with E-state index < -0.39 is 32.5 Å². The molecule has 8 nitrogen and oxygen atoms in total. The monoisotopic (exact) mass is 761 g/mol. The van der Waals surface area contributed by atoms with Crippen LogP contribution in [-0.4, -0.2) is 41.0 Å². The van der Waals surface area contributed by atoms with Crippen molar-refractivity contribution in [3.8, 4) is 0 Å². The van der Waals surface area contributed by atoms with Crippen molar-refractivity contribution in [3.05, 3.63) is 85.1 Å². The summed E-state index contributed by atoms with van der Waals surface area (Å²) in [7, 11) is -4.78. The zero-order chi connectivity index (χ0) is 38.9. The van der Waals surface area contributed by atoms with E-state index in [1.807, 2.05) is 12.2 Å². The maximum absolute atomic E-state index is 12.4. The Kier molecular flexibility index (Phi) is 36.9. The van der Waals surface area contributed by atoms with Crippen LogP contribution >= 0.6 is 7.82 Å². The second kappa shape index (κ2) is 38.9. The molecule has 0 radical (unpaired) electrons. The average molecular weight is 761 g/mol. The van der Waals surface area contributed by atoms with Gasteiger partial charge < -0.3 is 19.3 Å². The van der Waals surface area contributed by atoms with Gasteiger partial charge in [-0.3, -0.25) is 14.1 Å². The third-order valence-electron chi connectivity index (χ3n) is 8.15. The number of phosphoric ester groups is 1. The van der Waals surface area contributed by atoms with Crippen LogP contribution in [0.3, 0.4) is 0 Å². The fourth-order valence-electron chi connectivity index (χ4n) is 5.14. The molecule has 0 bridgehead atoms. The Morgan fingerprint density at radius 3 is 1.42 bits per heavy atom. The number of carbonyl (C=O) groups is 2. The van der Waals surface area contributed by atoms with Gasteiger partial charge in [0.05, 0.1) is 6.61 Å². The summed E-state index contributed by atoms with van der Waals surface area (Å²) in [6.07, 6.45) is 51.6. The van der Waals surface area contributed by atoms with Crippen LogP contribution in [-0.2, 0) is 28.2 Å². The van der Waals surface area contributed by atoms with Gasteiger partial charge in [0.1, 0.15) is 6.61 Å². The minimum Gasteiger partial charge on any atom is -0.462 e. The minimum absolute atomic E-state index is 0.127. The Morgan fingerprint density at radius 2 is 0.925 bits per heavy atom. The smallest absolute Gasteiger partial charge is 0.462 e. The van der Waals surface area contributed by atoms with Crippen molar-refractivity contribution in [2.75, 3.05) is 13.2 Å². The molecule has 9 heteroatoms. The second-order valence-corrected chi connectivity index (χ2v) is 14.5. The predicted molar refractivity (Wildman–Crippen MR) is 220 cm³/mol. The molecule has 2 N–H and O–H groups in total. The summed E-state index contributed by atoms with van der Waals surface area (Å²) < 4.78 is 26.3. The van der Waals surface area contributed by atoms with Crippen molar-refractivity contribution in [2.24, 2.45) is 0 Å². The van der Waals surface area contributed by atoms with Gasteiger partial charge in [-0.2, -0.15) is 0 Å². The van der Waals surface area contributed by atoms with Gasteiger partial charge in [-0.25, -0.2) is 4.57 Å². The zero-order valence-corrected chi connectivity index (χ0v) is 34.0. The molecule has 0 aliphatic carbocycles. The molecule has 0 saturated carbocycles. The van der Waals surface area contributed by atoms with E-state index in [0.717, 1.165) is 64.2 Å². The zero-order valence-electron chi connectivity index (χ0n) is 33.1. The molecule has 0 heterocycles. The number of allylic oxidation sites excluding steroid dienone is 14. The van der Waals surface area contributed by atoms with Gasteiger partial charge in [-0.15, -0.1) is 0 Å². The SMILES string of the molecule is CC/C=C\C/C=C\C/C=C\C/C=C\C/C=C\CCCC(=O)OC(COC(=O)CCCCCCCCC/C=C\C/C=C\CCCCCC)COP(=O)(O)O. The lowest BCUT2D eigenvalue weighted by atomic mass is 10.1. The number of esters is 2. The maximum Gasteiger partial charge on any atom is 0.469 e. The highest BCUT2D eigenvalue weighted by Gasteiger charge is 2.22. The summed E-state index contributed by atoms with van der Waals surface area (Å²) in [4.78, 5) is 42.8. The van der Waals surface area contributed by atoms with Gasteiger partial charge in [0.25, 0.3) is 0 Å². The number of carbonyl (C=O) groups excluding carboxylic acids is 2. The number of rotatable bonds is 36. The van der Waals surface area contributed by atoms with Crippen LogP contribution in [0.2, 0.25) is 0 Å². The van der Waals surface area contributed by atoms with Gasteiger partial charge in [0.2, 0.25) is 0 Å². The van der Waals surface area contributed by atoms with Crippen molar-refractivity contribution < 1.29 is 37.9 Å². The number of hydrogen-bond donors (Lipinski definition) is 2. The molecule has 0 aromatic rings. The van der Waals surface area contributed by atoms with Crippen molar-refractivity contribution >= 4 is 19.8 Å². The highest BCUT2D eigenvalue weighted by Crippen LogP contribution is 2.36. The van der Waals surface area contributed by atoms with E-state index >= 15 is 0 Å². The van der Waals surface area contributed by atoms with E-state index in [1.165, 1.54) is 51.4 Å². The number of ether oxygens (including phenoxy) is 2. The normalized spacial score (nSPS) is 13.4. The first-order valence-corrected chi connectivity index (χ1v) is 21.9. The molecule has 0 aromatic heterocycles. The third kappa shape index (κ3) is 41.8. The highest BCUT2D eigenvalue weighted by atomic mass is 31.2. The summed E-state index contributed by atoms with van der Waals surface area (Å²) in [6.45, 7) is 3.49. The van der Waals surface area contributed by atoms with Gasteiger partial charge in [0, 0.05) is 12.8 Å². The van der Waals surface area contributed by atoms with Crippen molar-refractivity contribution in [2.45, 2.75) is 168 Å². The van der Waals surface area contributed by atoms with Gasteiger partial charge in [-0.1, -0.05) is 150 Å². The van der Waals surface area contributed by atoms with Crippen molar-refractivity contribution in [1.29, 1.82) is 0 Å². The van der Waals surface area contributed by atoms with Crippen LogP contribution in [0.4, 0.5) is 0 Å². The molecule has 1 atom stereocenters. The summed E-state index contributed by atoms with van der Waals surface area (Å²) in [5.41, 5.74) is 0. The predicted octanol–water partition coefficient (Wildman–Crippen LogP) is 12.5. The number of hydrogen-bond acceptors (Lipinski definition) is 6. The Morgan fingerprint density at radius 1 is 0.509 bits per heavy atom. The van der Waals surface area contributed by atoms with E-state index in [4.69, 9.17) is 19.3 Å².